The third-order valence-corrected chi connectivity index (χ3v) is 5.39. The number of hydrogen-bond donors (Lipinski definition) is 1. The first-order valence-electron chi connectivity index (χ1n) is 9.54. The first-order valence-corrected chi connectivity index (χ1v) is 9.54. The SMILES string of the molecule is NC(=O)N1CCC[C@@H](C(=O)N(CC#Cc2ccccc2)C2CCCC2)C1. The van der Waals surface area contributed by atoms with E-state index in [1.165, 1.54) is 12.8 Å². The normalized spacial score (nSPS) is 20.3. The Kier molecular flexibility index (Phi) is 6.17. The highest BCUT2D eigenvalue weighted by Gasteiger charge is 2.34. The minimum atomic E-state index is -0.432. The molecule has 1 saturated heterocycles. The van der Waals surface area contributed by atoms with E-state index in [4.69, 9.17) is 5.73 Å². The number of urea groups is 1. The summed E-state index contributed by atoms with van der Waals surface area (Å²) in [4.78, 5) is 28.2. The highest BCUT2D eigenvalue weighted by Crippen LogP contribution is 2.27. The van der Waals surface area contributed by atoms with Crippen molar-refractivity contribution in [2.24, 2.45) is 11.7 Å². The molecule has 2 N–H and O–H groups in total. The van der Waals surface area contributed by atoms with Crippen LogP contribution in [-0.2, 0) is 4.79 Å². The number of hydrogen-bond acceptors (Lipinski definition) is 2. The molecule has 0 radical (unpaired) electrons. The van der Waals surface area contributed by atoms with E-state index in [1.807, 2.05) is 35.2 Å². The number of piperidine rings is 1. The maximum atomic E-state index is 13.2. The number of carbonyl (C=O) groups is 2. The molecular weight excluding hydrogens is 326 g/mol. The Balaban J connectivity index is 1.70. The lowest BCUT2D eigenvalue weighted by Gasteiger charge is -2.36. The fraction of sp³-hybridized carbons (Fsp3) is 0.524. The fourth-order valence-electron chi connectivity index (χ4n) is 3.96. The Morgan fingerprint density at radius 1 is 1.12 bits per heavy atom. The molecule has 2 fully saturated rings. The molecule has 0 aromatic heterocycles. The van der Waals surface area contributed by atoms with Crippen molar-refractivity contribution in [3.05, 3.63) is 35.9 Å². The number of nitrogens with zero attached hydrogens (tertiary/aromatic N) is 2. The van der Waals surface area contributed by atoms with Gasteiger partial charge in [0, 0.05) is 24.7 Å². The smallest absolute Gasteiger partial charge is 0.314 e. The van der Waals surface area contributed by atoms with Crippen molar-refractivity contribution in [2.75, 3.05) is 19.6 Å². The second-order valence-corrected chi connectivity index (χ2v) is 7.20. The topological polar surface area (TPSA) is 66.6 Å². The number of benzene rings is 1. The quantitative estimate of drug-likeness (QED) is 0.849. The van der Waals surface area contributed by atoms with Gasteiger partial charge in [0.15, 0.2) is 0 Å². The van der Waals surface area contributed by atoms with Crippen LogP contribution in [-0.4, -0.2) is 47.4 Å². The number of rotatable bonds is 3. The molecule has 1 aliphatic carbocycles. The molecule has 2 aliphatic rings. The second kappa shape index (κ2) is 8.75. The Morgan fingerprint density at radius 2 is 1.85 bits per heavy atom. The molecule has 0 bridgehead atoms. The minimum absolute atomic E-state index is 0.130. The van der Waals surface area contributed by atoms with Gasteiger partial charge in [0.2, 0.25) is 5.91 Å². The number of nitrogens with two attached hydrogens (primary N) is 1. The molecule has 26 heavy (non-hydrogen) atoms. The Hall–Kier alpha value is -2.48. The summed E-state index contributed by atoms with van der Waals surface area (Å²) in [5.74, 6) is 6.31. The van der Waals surface area contributed by atoms with Gasteiger partial charge in [-0.1, -0.05) is 42.9 Å². The van der Waals surface area contributed by atoms with Crippen LogP contribution in [0.5, 0.6) is 0 Å². The summed E-state index contributed by atoms with van der Waals surface area (Å²) in [6, 6.07) is 9.68. The molecule has 0 unspecified atom stereocenters. The van der Waals surface area contributed by atoms with E-state index >= 15 is 0 Å². The van der Waals surface area contributed by atoms with E-state index in [-0.39, 0.29) is 17.9 Å². The summed E-state index contributed by atoms with van der Waals surface area (Å²) >= 11 is 0. The molecule has 1 aromatic rings. The lowest BCUT2D eigenvalue weighted by Crippen LogP contribution is -2.50. The molecule has 3 amide bonds. The summed E-state index contributed by atoms with van der Waals surface area (Å²) in [6.45, 7) is 1.53. The first-order chi connectivity index (χ1) is 12.6. The van der Waals surface area contributed by atoms with Crippen LogP contribution in [0.2, 0.25) is 0 Å². The Bertz CT molecular complexity index is 686. The first kappa shape index (κ1) is 18.3. The number of likely N-dealkylation sites (tertiary alicyclic amines) is 1. The summed E-state index contributed by atoms with van der Waals surface area (Å²) in [6.07, 6.45) is 6.07. The largest absolute Gasteiger partial charge is 0.351 e. The third-order valence-electron chi connectivity index (χ3n) is 5.39. The lowest BCUT2D eigenvalue weighted by atomic mass is 9.95. The average Bonchev–Trinajstić information content (AvgIpc) is 3.20. The van der Waals surface area contributed by atoms with Gasteiger partial charge >= 0.3 is 6.03 Å². The van der Waals surface area contributed by atoms with Gasteiger partial charge in [-0.15, -0.1) is 0 Å². The van der Waals surface area contributed by atoms with Gasteiger partial charge < -0.3 is 15.5 Å². The van der Waals surface area contributed by atoms with Crippen molar-refractivity contribution < 1.29 is 9.59 Å². The van der Waals surface area contributed by atoms with Gasteiger partial charge in [0.25, 0.3) is 0 Å². The second-order valence-electron chi connectivity index (χ2n) is 7.20. The van der Waals surface area contributed by atoms with Gasteiger partial charge in [0.1, 0.15) is 0 Å². The van der Waals surface area contributed by atoms with Crippen LogP contribution in [0, 0.1) is 17.8 Å². The van der Waals surface area contributed by atoms with Crippen molar-refractivity contribution in [1.82, 2.24) is 9.80 Å². The van der Waals surface area contributed by atoms with Crippen molar-refractivity contribution in [3.63, 3.8) is 0 Å². The maximum absolute atomic E-state index is 13.2. The van der Waals surface area contributed by atoms with Crippen molar-refractivity contribution in [3.8, 4) is 11.8 Å². The maximum Gasteiger partial charge on any atom is 0.314 e. The van der Waals surface area contributed by atoms with Gasteiger partial charge in [0.05, 0.1) is 12.5 Å². The zero-order chi connectivity index (χ0) is 18.4. The van der Waals surface area contributed by atoms with Crippen LogP contribution in [0.4, 0.5) is 4.79 Å². The van der Waals surface area contributed by atoms with Crippen LogP contribution in [0.25, 0.3) is 0 Å². The molecule has 1 saturated carbocycles. The molecule has 1 aliphatic heterocycles. The zero-order valence-electron chi connectivity index (χ0n) is 15.2. The number of carbonyl (C=O) groups excluding carboxylic acids is 2. The molecule has 1 heterocycles. The van der Waals surface area contributed by atoms with Gasteiger partial charge in [-0.3, -0.25) is 4.79 Å². The highest BCUT2D eigenvalue weighted by molar-refractivity contribution is 5.81. The van der Waals surface area contributed by atoms with Crippen LogP contribution in [0.15, 0.2) is 30.3 Å². The molecular formula is C21H27N3O2. The fourth-order valence-corrected chi connectivity index (χ4v) is 3.96. The molecule has 3 rings (SSSR count). The van der Waals surface area contributed by atoms with Crippen LogP contribution in [0.3, 0.4) is 0 Å². The summed E-state index contributed by atoms with van der Waals surface area (Å²) in [5, 5.41) is 0. The molecule has 1 atom stereocenters. The molecule has 0 spiro atoms. The van der Waals surface area contributed by atoms with E-state index in [2.05, 4.69) is 11.8 Å². The van der Waals surface area contributed by atoms with E-state index < -0.39 is 6.03 Å². The monoisotopic (exact) mass is 353 g/mol. The van der Waals surface area contributed by atoms with Crippen molar-refractivity contribution in [1.29, 1.82) is 0 Å². The lowest BCUT2D eigenvalue weighted by molar-refractivity contribution is -0.138. The number of amides is 3. The van der Waals surface area contributed by atoms with E-state index in [9.17, 15) is 9.59 Å². The number of primary amides is 1. The van der Waals surface area contributed by atoms with Crippen molar-refractivity contribution in [2.45, 2.75) is 44.6 Å². The Labute approximate surface area is 155 Å². The summed E-state index contributed by atoms with van der Waals surface area (Å²) < 4.78 is 0. The standard InChI is InChI=1S/C21H27N3O2/c22-21(26)23-14-7-11-18(16-23)20(25)24(19-12-4-5-13-19)15-6-10-17-8-2-1-3-9-17/h1-3,8-9,18-19H,4-5,7,11-16H2,(H2,22,26)/t18-/m1/s1. The summed E-state index contributed by atoms with van der Waals surface area (Å²) in [7, 11) is 0. The molecule has 5 heteroatoms. The minimum Gasteiger partial charge on any atom is -0.351 e. The van der Waals surface area contributed by atoms with Crippen LogP contribution in [0.1, 0.15) is 44.1 Å². The predicted octanol–water partition coefficient (Wildman–Crippen LogP) is 2.60. The van der Waals surface area contributed by atoms with E-state index in [0.29, 0.717) is 19.6 Å². The predicted molar refractivity (Wildman–Crippen MR) is 101 cm³/mol. The van der Waals surface area contributed by atoms with Crippen LogP contribution >= 0.6 is 0 Å². The molecule has 1 aromatic carbocycles. The van der Waals surface area contributed by atoms with Crippen molar-refractivity contribution >= 4 is 11.9 Å². The molecule has 5 nitrogen and oxygen atoms in total. The summed E-state index contributed by atoms with van der Waals surface area (Å²) in [5.41, 5.74) is 6.37. The zero-order valence-corrected chi connectivity index (χ0v) is 15.2. The highest BCUT2D eigenvalue weighted by atomic mass is 16.2. The van der Waals surface area contributed by atoms with Gasteiger partial charge in [-0.05, 0) is 37.8 Å². The van der Waals surface area contributed by atoms with E-state index in [1.54, 1.807) is 4.90 Å². The van der Waals surface area contributed by atoms with Crippen LogP contribution < -0.4 is 5.73 Å². The van der Waals surface area contributed by atoms with Gasteiger partial charge in [-0.25, -0.2) is 4.79 Å². The third kappa shape index (κ3) is 4.57. The Morgan fingerprint density at radius 3 is 2.54 bits per heavy atom. The molecule has 138 valence electrons. The van der Waals surface area contributed by atoms with Gasteiger partial charge in [-0.2, -0.15) is 0 Å². The average molecular weight is 353 g/mol. The van der Waals surface area contributed by atoms with E-state index in [0.717, 1.165) is 31.2 Å².